The molecule has 0 aromatic rings. The van der Waals surface area contributed by atoms with E-state index in [0.29, 0.717) is 6.42 Å². The van der Waals surface area contributed by atoms with E-state index in [1.807, 2.05) is 0 Å². The average Bonchev–Trinajstić information content (AvgIpc) is 2.10. The number of hydrogen-bond acceptors (Lipinski definition) is 4. The largest absolute Gasteiger partial charge is 0.444 e. The van der Waals surface area contributed by atoms with Gasteiger partial charge in [0.05, 0.1) is 18.8 Å². The number of aliphatic hydroxyl groups is 2. The van der Waals surface area contributed by atoms with Crippen LogP contribution in [0.15, 0.2) is 0 Å². The molecule has 0 heterocycles. The number of nitrogens with one attached hydrogen (secondary N) is 1. The fourth-order valence-electron chi connectivity index (χ4n) is 1.06. The SMILES string of the molecule is CC[C@@H](NC(=O)OC(C)(C)C)[C@@H](O)CO. The first-order chi connectivity index (χ1) is 6.80. The van der Waals surface area contributed by atoms with Gasteiger partial charge in [0.15, 0.2) is 0 Å². The Hall–Kier alpha value is -0.810. The lowest BCUT2D eigenvalue weighted by molar-refractivity contribution is 0.0313. The van der Waals surface area contributed by atoms with E-state index in [9.17, 15) is 9.90 Å². The standard InChI is InChI=1S/C10H21NO4/c1-5-7(8(13)6-12)11-9(14)15-10(2,3)4/h7-8,12-13H,5-6H2,1-4H3,(H,11,14)/t7-,8+/m1/s1. The van der Waals surface area contributed by atoms with Crippen molar-refractivity contribution in [2.75, 3.05) is 6.61 Å². The highest BCUT2D eigenvalue weighted by atomic mass is 16.6. The Bertz CT molecular complexity index is 200. The summed E-state index contributed by atoms with van der Waals surface area (Å²) in [7, 11) is 0. The van der Waals surface area contributed by atoms with Gasteiger partial charge in [-0.05, 0) is 27.2 Å². The van der Waals surface area contributed by atoms with Gasteiger partial charge in [0.25, 0.3) is 0 Å². The molecule has 1 amide bonds. The van der Waals surface area contributed by atoms with Crippen LogP contribution < -0.4 is 5.32 Å². The molecule has 5 nitrogen and oxygen atoms in total. The highest BCUT2D eigenvalue weighted by Crippen LogP contribution is 2.07. The molecule has 0 aliphatic rings. The van der Waals surface area contributed by atoms with Gasteiger partial charge in [-0.1, -0.05) is 6.92 Å². The first-order valence-corrected chi connectivity index (χ1v) is 5.08. The molecule has 0 aliphatic heterocycles. The van der Waals surface area contributed by atoms with Crippen molar-refractivity contribution < 1.29 is 19.7 Å². The van der Waals surface area contributed by atoms with Crippen LogP contribution in [0.1, 0.15) is 34.1 Å². The summed E-state index contributed by atoms with van der Waals surface area (Å²) in [6.07, 6.45) is -1.01. The van der Waals surface area contributed by atoms with E-state index in [0.717, 1.165) is 0 Å². The molecule has 0 aliphatic carbocycles. The maximum absolute atomic E-state index is 11.3. The van der Waals surface area contributed by atoms with Crippen LogP contribution in [0.25, 0.3) is 0 Å². The van der Waals surface area contributed by atoms with E-state index in [1.165, 1.54) is 0 Å². The monoisotopic (exact) mass is 219 g/mol. The van der Waals surface area contributed by atoms with E-state index in [1.54, 1.807) is 27.7 Å². The summed E-state index contributed by atoms with van der Waals surface area (Å²) in [5, 5.41) is 20.6. The van der Waals surface area contributed by atoms with E-state index in [2.05, 4.69) is 5.32 Å². The minimum absolute atomic E-state index is 0.381. The number of carbonyl (C=O) groups excluding carboxylic acids is 1. The normalized spacial score (nSPS) is 15.6. The zero-order valence-corrected chi connectivity index (χ0v) is 9.78. The second-order valence-corrected chi connectivity index (χ2v) is 4.41. The lowest BCUT2D eigenvalue weighted by atomic mass is 10.1. The summed E-state index contributed by atoms with van der Waals surface area (Å²) in [6.45, 7) is 6.71. The molecule has 0 unspecified atom stereocenters. The van der Waals surface area contributed by atoms with E-state index in [4.69, 9.17) is 9.84 Å². The Morgan fingerprint density at radius 1 is 1.47 bits per heavy atom. The van der Waals surface area contributed by atoms with Gasteiger partial charge >= 0.3 is 6.09 Å². The van der Waals surface area contributed by atoms with Crippen LogP contribution in [0.5, 0.6) is 0 Å². The number of ether oxygens (including phenoxy) is 1. The minimum Gasteiger partial charge on any atom is -0.444 e. The molecule has 0 aromatic carbocycles. The highest BCUT2D eigenvalue weighted by molar-refractivity contribution is 5.68. The predicted molar refractivity (Wildman–Crippen MR) is 56.5 cm³/mol. The number of carbonyl (C=O) groups is 1. The minimum atomic E-state index is -0.956. The Balaban J connectivity index is 4.13. The third kappa shape index (κ3) is 6.30. The molecule has 0 aromatic heterocycles. The van der Waals surface area contributed by atoms with Gasteiger partial charge in [-0.15, -0.1) is 0 Å². The van der Waals surface area contributed by atoms with Crippen molar-refractivity contribution in [1.29, 1.82) is 0 Å². The Labute approximate surface area is 90.4 Å². The zero-order chi connectivity index (χ0) is 12.1. The number of rotatable bonds is 4. The summed E-state index contributed by atoms with van der Waals surface area (Å²) in [4.78, 5) is 11.3. The molecule has 0 saturated carbocycles. The van der Waals surface area contributed by atoms with Gasteiger partial charge < -0.3 is 20.3 Å². The van der Waals surface area contributed by atoms with Crippen molar-refractivity contribution in [3.63, 3.8) is 0 Å². The van der Waals surface area contributed by atoms with Gasteiger partial charge in [0, 0.05) is 0 Å². The van der Waals surface area contributed by atoms with E-state index in [-0.39, 0.29) is 6.61 Å². The van der Waals surface area contributed by atoms with Crippen LogP contribution in [-0.4, -0.2) is 40.7 Å². The second kappa shape index (κ2) is 5.92. The maximum atomic E-state index is 11.3. The fraction of sp³-hybridized carbons (Fsp3) is 0.900. The number of alkyl carbamates (subject to hydrolysis) is 1. The Morgan fingerprint density at radius 2 is 2.00 bits per heavy atom. The molecule has 0 radical (unpaired) electrons. The van der Waals surface area contributed by atoms with Crippen LogP contribution in [-0.2, 0) is 4.74 Å². The number of aliphatic hydroxyl groups excluding tert-OH is 2. The second-order valence-electron chi connectivity index (χ2n) is 4.41. The topological polar surface area (TPSA) is 78.8 Å². The smallest absolute Gasteiger partial charge is 0.407 e. The van der Waals surface area contributed by atoms with E-state index >= 15 is 0 Å². The van der Waals surface area contributed by atoms with Gasteiger partial charge in [0.1, 0.15) is 5.60 Å². The summed E-state index contributed by atoms with van der Waals surface area (Å²) >= 11 is 0. The molecule has 0 saturated heterocycles. The summed E-state index contributed by atoms with van der Waals surface area (Å²) in [5.74, 6) is 0. The zero-order valence-electron chi connectivity index (χ0n) is 9.78. The first kappa shape index (κ1) is 14.2. The summed E-state index contributed by atoms with van der Waals surface area (Å²) in [6, 6.07) is -0.482. The molecule has 3 N–H and O–H groups in total. The van der Waals surface area contributed by atoms with Crippen molar-refractivity contribution in [3.8, 4) is 0 Å². The fourth-order valence-corrected chi connectivity index (χ4v) is 1.06. The van der Waals surface area contributed by atoms with Crippen LogP contribution in [0.3, 0.4) is 0 Å². The van der Waals surface area contributed by atoms with Crippen molar-refractivity contribution >= 4 is 6.09 Å². The molecule has 15 heavy (non-hydrogen) atoms. The molecule has 5 heteroatoms. The maximum Gasteiger partial charge on any atom is 0.407 e. The van der Waals surface area contributed by atoms with E-state index < -0.39 is 23.8 Å². The lowest BCUT2D eigenvalue weighted by Gasteiger charge is -2.25. The highest BCUT2D eigenvalue weighted by Gasteiger charge is 2.22. The van der Waals surface area contributed by atoms with Crippen molar-refractivity contribution in [2.45, 2.75) is 51.9 Å². The number of amides is 1. The van der Waals surface area contributed by atoms with Crippen molar-refractivity contribution in [3.05, 3.63) is 0 Å². The molecular formula is C10H21NO4. The van der Waals surface area contributed by atoms with Crippen LogP contribution >= 0.6 is 0 Å². The third-order valence-corrected chi connectivity index (χ3v) is 1.79. The Morgan fingerprint density at radius 3 is 2.33 bits per heavy atom. The van der Waals surface area contributed by atoms with Gasteiger partial charge in [0.2, 0.25) is 0 Å². The third-order valence-electron chi connectivity index (χ3n) is 1.79. The summed E-state index contributed by atoms with van der Waals surface area (Å²) in [5.41, 5.74) is -0.563. The number of hydrogen-bond donors (Lipinski definition) is 3. The van der Waals surface area contributed by atoms with Crippen LogP contribution in [0.4, 0.5) is 4.79 Å². The predicted octanol–water partition coefficient (Wildman–Crippen LogP) is 0.643. The molecule has 0 spiro atoms. The van der Waals surface area contributed by atoms with Gasteiger partial charge in [-0.25, -0.2) is 4.79 Å². The molecular weight excluding hydrogens is 198 g/mol. The van der Waals surface area contributed by atoms with Crippen LogP contribution in [0.2, 0.25) is 0 Å². The molecule has 2 atom stereocenters. The Kier molecular flexibility index (Phi) is 5.60. The first-order valence-electron chi connectivity index (χ1n) is 5.08. The lowest BCUT2D eigenvalue weighted by Crippen LogP contribution is -2.46. The molecule has 0 fully saturated rings. The van der Waals surface area contributed by atoms with Crippen molar-refractivity contribution in [2.24, 2.45) is 0 Å². The summed E-state index contributed by atoms with van der Waals surface area (Å²) < 4.78 is 5.02. The van der Waals surface area contributed by atoms with Crippen molar-refractivity contribution in [1.82, 2.24) is 5.32 Å². The quantitative estimate of drug-likeness (QED) is 0.648. The molecule has 0 rings (SSSR count). The van der Waals surface area contributed by atoms with Crippen LogP contribution in [0, 0.1) is 0 Å². The van der Waals surface area contributed by atoms with Gasteiger partial charge in [-0.2, -0.15) is 0 Å². The average molecular weight is 219 g/mol. The van der Waals surface area contributed by atoms with Gasteiger partial charge in [-0.3, -0.25) is 0 Å². The molecule has 0 bridgehead atoms. The molecule has 90 valence electrons.